The van der Waals surface area contributed by atoms with E-state index in [0.29, 0.717) is 39.6 Å². The van der Waals surface area contributed by atoms with Gasteiger partial charge in [-0.05, 0) is 37.1 Å². The van der Waals surface area contributed by atoms with Crippen LogP contribution in [0.15, 0.2) is 46.6 Å². The van der Waals surface area contributed by atoms with Crippen molar-refractivity contribution in [1.82, 2.24) is 18.9 Å². The summed E-state index contributed by atoms with van der Waals surface area (Å²) in [6.45, 7) is 1.05. The molecule has 1 amide bonds. The molecule has 1 aliphatic rings. The third kappa shape index (κ3) is 4.98. The van der Waals surface area contributed by atoms with E-state index in [4.69, 9.17) is 23.2 Å². The highest BCUT2D eigenvalue weighted by Gasteiger charge is 2.26. The first kappa shape index (κ1) is 22.3. The van der Waals surface area contributed by atoms with E-state index in [2.05, 4.69) is 15.5 Å². The minimum absolute atomic E-state index is 0.0496. The molecule has 31 heavy (non-hydrogen) atoms. The summed E-state index contributed by atoms with van der Waals surface area (Å²) >= 11 is 13.3. The van der Waals surface area contributed by atoms with E-state index >= 15 is 0 Å². The van der Waals surface area contributed by atoms with Gasteiger partial charge in [-0.3, -0.25) is 9.20 Å². The number of carbonyl (C=O) groups is 1. The predicted molar refractivity (Wildman–Crippen MR) is 121 cm³/mol. The Bertz CT molecular complexity index is 1230. The first-order valence-electron chi connectivity index (χ1n) is 9.57. The lowest BCUT2D eigenvalue weighted by molar-refractivity contribution is -0.113. The number of hydrogen-bond donors (Lipinski definition) is 1. The van der Waals surface area contributed by atoms with Gasteiger partial charge in [0.25, 0.3) is 0 Å². The fourth-order valence-electron chi connectivity index (χ4n) is 3.32. The summed E-state index contributed by atoms with van der Waals surface area (Å²) in [4.78, 5) is 12.6. The van der Waals surface area contributed by atoms with Crippen molar-refractivity contribution in [2.45, 2.75) is 29.3 Å². The molecule has 1 aliphatic heterocycles. The van der Waals surface area contributed by atoms with Crippen LogP contribution >= 0.6 is 35.0 Å². The second kappa shape index (κ2) is 9.33. The van der Waals surface area contributed by atoms with Gasteiger partial charge in [0.2, 0.25) is 15.9 Å². The Balaban J connectivity index is 1.43. The zero-order valence-corrected chi connectivity index (χ0v) is 19.4. The normalized spacial score (nSPS) is 15.3. The Morgan fingerprint density at radius 2 is 1.90 bits per heavy atom. The molecule has 3 aromatic rings. The number of nitrogens with one attached hydrogen (secondary N) is 1. The maximum Gasteiger partial charge on any atom is 0.243 e. The van der Waals surface area contributed by atoms with Crippen molar-refractivity contribution >= 4 is 62.2 Å². The van der Waals surface area contributed by atoms with Crippen molar-refractivity contribution in [3.63, 3.8) is 0 Å². The quantitative estimate of drug-likeness (QED) is 0.515. The number of fused-ring (bicyclic) bond motifs is 1. The lowest BCUT2D eigenvalue weighted by atomic mass is 10.2. The van der Waals surface area contributed by atoms with Crippen molar-refractivity contribution in [2.24, 2.45) is 0 Å². The van der Waals surface area contributed by atoms with Crippen LogP contribution in [0.2, 0.25) is 10.0 Å². The van der Waals surface area contributed by atoms with Crippen LogP contribution in [0.25, 0.3) is 5.65 Å². The smallest absolute Gasteiger partial charge is 0.243 e. The Labute approximate surface area is 194 Å². The summed E-state index contributed by atoms with van der Waals surface area (Å²) in [7, 11) is -3.57. The number of anilines is 1. The maximum absolute atomic E-state index is 12.9. The zero-order valence-electron chi connectivity index (χ0n) is 16.3. The number of hydrogen-bond acceptors (Lipinski definition) is 6. The van der Waals surface area contributed by atoms with E-state index in [1.807, 2.05) is 0 Å². The molecular formula is C19H19Cl2N5O3S2. The minimum Gasteiger partial charge on any atom is -0.325 e. The van der Waals surface area contributed by atoms with Gasteiger partial charge < -0.3 is 5.32 Å². The summed E-state index contributed by atoms with van der Waals surface area (Å²) < 4.78 is 28.8. The van der Waals surface area contributed by atoms with Gasteiger partial charge in [0, 0.05) is 25.0 Å². The van der Waals surface area contributed by atoms with E-state index in [9.17, 15) is 13.2 Å². The van der Waals surface area contributed by atoms with E-state index in [1.54, 1.807) is 34.9 Å². The number of aromatic nitrogens is 3. The lowest BCUT2D eigenvalue weighted by Gasteiger charge is -2.26. The van der Waals surface area contributed by atoms with E-state index in [0.717, 1.165) is 19.3 Å². The fourth-order valence-corrected chi connectivity index (χ4v) is 6.10. The van der Waals surface area contributed by atoms with Crippen LogP contribution in [0, 0.1) is 0 Å². The highest BCUT2D eigenvalue weighted by Crippen LogP contribution is 2.26. The second-order valence-electron chi connectivity index (χ2n) is 7.01. The highest BCUT2D eigenvalue weighted by atomic mass is 35.5. The summed E-state index contributed by atoms with van der Waals surface area (Å²) in [5.74, 6) is -0.254. The van der Waals surface area contributed by atoms with Gasteiger partial charge in [0.05, 0.1) is 20.7 Å². The lowest BCUT2D eigenvalue weighted by Crippen LogP contribution is -2.35. The number of carbonyl (C=O) groups excluding carboxylic acids is 1. The molecule has 0 bridgehead atoms. The van der Waals surface area contributed by atoms with Gasteiger partial charge >= 0.3 is 0 Å². The topological polar surface area (TPSA) is 96.7 Å². The number of sulfonamides is 1. The monoisotopic (exact) mass is 499 g/mol. The number of halogens is 2. The molecular weight excluding hydrogens is 481 g/mol. The molecule has 12 heteroatoms. The largest absolute Gasteiger partial charge is 0.325 e. The number of amides is 1. The molecule has 0 saturated carbocycles. The predicted octanol–water partition coefficient (Wildman–Crippen LogP) is 3.94. The van der Waals surface area contributed by atoms with Crippen molar-refractivity contribution < 1.29 is 13.2 Å². The maximum atomic E-state index is 12.9. The van der Waals surface area contributed by atoms with Crippen LogP contribution < -0.4 is 5.32 Å². The molecule has 0 radical (unpaired) electrons. The van der Waals surface area contributed by atoms with E-state index in [1.165, 1.54) is 22.1 Å². The second-order valence-corrected chi connectivity index (χ2v) is 10.7. The molecule has 0 aliphatic carbocycles. The molecule has 0 unspecified atom stereocenters. The van der Waals surface area contributed by atoms with Crippen LogP contribution in [0.5, 0.6) is 0 Å². The van der Waals surface area contributed by atoms with Crippen LogP contribution in [0.1, 0.15) is 19.3 Å². The van der Waals surface area contributed by atoms with Crippen LogP contribution in [-0.2, 0) is 14.8 Å². The summed E-state index contributed by atoms with van der Waals surface area (Å²) in [6, 6.07) is 7.88. The molecule has 164 valence electrons. The van der Waals surface area contributed by atoms with Gasteiger partial charge in [-0.1, -0.05) is 47.5 Å². The van der Waals surface area contributed by atoms with Crippen molar-refractivity contribution in [3.05, 3.63) is 46.6 Å². The van der Waals surface area contributed by atoms with E-state index in [-0.39, 0.29) is 16.6 Å². The molecule has 0 spiro atoms. The average Bonchev–Trinajstić information content (AvgIpc) is 3.16. The molecule has 1 aromatic carbocycles. The third-order valence-electron chi connectivity index (χ3n) is 4.80. The molecule has 8 nitrogen and oxygen atoms in total. The first-order chi connectivity index (χ1) is 14.8. The average molecular weight is 500 g/mol. The Kier molecular flexibility index (Phi) is 6.73. The molecule has 3 heterocycles. The molecule has 2 aromatic heterocycles. The van der Waals surface area contributed by atoms with Gasteiger partial charge in [-0.25, -0.2) is 8.42 Å². The SMILES string of the molecule is O=C(CSc1nnc2c(Cl)cc(Cl)cn12)Nc1cccc(S(=O)(=O)N2CCCCC2)c1. The van der Waals surface area contributed by atoms with Gasteiger partial charge in [-0.15, -0.1) is 10.2 Å². The van der Waals surface area contributed by atoms with Crippen molar-refractivity contribution in [2.75, 3.05) is 24.2 Å². The summed E-state index contributed by atoms with van der Waals surface area (Å²) in [5.41, 5.74) is 0.866. The summed E-state index contributed by atoms with van der Waals surface area (Å²) in [5, 5.41) is 12.0. The Morgan fingerprint density at radius 1 is 1.13 bits per heavy atom. The highest BCUT2D eigenvalue weighted by molar-refractivity contribution is 7.99. The van der Waals surface area contributed by atoms with Crippen LogP contribution in [0.4, 0.5) is 5.69 Å². The van der Waals surface area contributed by atoms with E-state index < -0.39 is 10.0 Å². The standard InChI is InChI=1S/C19H19Cl2N5O3S2/c20-13-9-16(21)18-23-24-19(26(18)11-13)30-12-17(27)22-14-5-4-6-15(10-14)31(28,29)25-7-2-1-3-8-25/h4-6,9-11H,1-3,7-8,12H2,(H,22,27). The molecule has 1 saturated heterocycles. The van der Waals surface area contributed by atoms with Gasteiger partial charge in [0.15, 0.2) is 10.8 Å². The molecule has 4 rings (SSSR count). The summed E-state index contributed by atoms with van der Waals surface area (Å²) in [6.07, 6.45) is 4.39. The minimum atomic E-state index is -3.57. The van der Waals surface area contributed by atoms with Crippen molar-refractivity contribution in [1.29, 1.82) is 0 Å². The van der Waals surface area contributed by atoms with Gasteiger partial charge in [-0.2, -0.15) is 4.31 Å². The number of piperidine rings is 1. The number of benzene rings is 1. The van der Waals surface area contributed by atoms with Crippen LogP contribution in [0.3, 0.4) is 0 Å². The molecule has 0 atom stereocenters. The zero-order chi connectivity index (χ0) is 22.0. The van der Waals surface area contributed by atoms with Crippen molar-refractivity contribution in [3.8, 4) is 0 Å². The number of thioether (sulfide) groups is 1. The van der Waals surface area contributed by atoms with Gasteiger partial charge in [0.1, 0.15) is 0 Å². The molecule has 1 N–H and O–H groups in total. The number of rotatable bonds is 6. The van der Waals surface area contributed by atoms with Crippen LogP contribution in [-0.4, -0.2) is 52.1 Å². The Morgan fingerprint density at radius 3 is 2.68 bits per heavy atom. The third-order valence-corrected chi connectivity index (χ3v) is 8.12. The fraction of sp³-hybridized carbons (Fsp3) is 0.316. The first-order valence-corrected chi connectivity index (χ1v) is 12.8. The Hall–Kier alpha value is -1.85. The number of pyridine rings is 1. The number of nitrogens with zero attached hydrogens (tertiary/aromatic N) is 4. The molecule has 1 fully saturated rings.